The van der Waals surface area contributed by atoms with Gasteiger partial charge in [-0.05, 0) is 49.1 Å². The highest BCUT2D eigenvalue weighted by Crippen LogP contribution is 2.31. The summed E-state index contributed by atoms with van der Waals surface area (Å²) in [5.41, 5.74) is 2.23. The Kier molecular flexibility index (Phi) is 8.46. The van der Waals surface area contributed by atoms with E-state index in [1.54, 1.807) is 0 Å². The molecule has 2 nitrogen and oxygen atoms in total. The van der Waals surface area contributed by atoms with Crippen molar-refractivity contribution in [1.82, 2.24) is 4.90 Å². The largest absolute Gasteiger partial charge is 0.492 e. The molecule has 120 valence electrons. The van der Waals surface area contributed by atoms with Crippen LogP contribution in [0.5, 0.6) is 5.75 Å². The fourth-order valence-corrected chi connectivity index (χ4v) is 2.71. The molecule has 0 heterocycles. The minimum Gasteiger partial charge on any atom is -0.492 e. The van der Waals surface area contributed by atoms with E-state index in [2.05, 4.69) is 25.7 Å². The summed E-state index contributed by atoms with van der Waals surface area (Å²) in [7, 11) is 0. The normalized spacial score (nSPS) is 11.4. The predicted molar refractivity (Wildman–Crippen MR) is 93.2 cm³/mol. The summed E-state index contributed by atoms with van der Waals surface area (Å²) in [5, 5.41) is 0.806. The van der Waals surface area contributed by atoms with Gasteiger partial charge in [-0.15, -0.1) is 11.6 Å². The maximum atomic E-state index is 6.22. The van der Waals surface area contributed by atoms with E-state index in [4.69, 9.17) is 27.9 Å². The van der Waals surface area contributed by atoms with Crippen LogP contribution in [-0.2, 0) is 0 Å². The van der Waals surface area contributed by atoms with Gasteiger partial charge in [0.1, 0.15) is 12.4 Å². The molecule has 0 unspecified atom stereocenters. The molecule has 0 saturated heterocycles. The van der Waals surface area contributed by atoms with Gasteiger partial charge in [0, 0.05) is 24.0 Å². The maximum Gasteiger partial charge on any atom is 0.123 e. The van der Waals surface area contributed by atoms with E-state index in [9.17, 15) is 0 Å². The first-order valence-electron chi connectivity index (χ1n) is 7.70. The fraction of sp³-hybridized carbons (Fsp3) is 0.647. The summed E-state index contributed by atoms with van der Waals surface area (Å²) in [6, 6.07) is 4.07. The first-order chi connectivity index (χ1) is 9.99. The van der Waals surface area contributed by atoms with Gasteiger partial charge < -0.3 is 4.74 Å². The smallest absolute Gasteiger partial charge is 0.123 e. The summed E-state index contributed by atoms with van der Waals surface area (Å²) in [6.07, 6.45) is 1.13. The Morgan fingerprint density at radius 2 is 1.90 bits per heavy atom. The van der Waals surface area contributed by atoms with Crippen LogP contribution in [0.25, 0.3) is 0 Å². The highest BCUT2D eigenvalue weighted by molar-refractivity contribution is 6.31. The van der Waals surface area contributed by atoms with Gasteiger partial charge in [-0.25, -0.2) is 0 Å². The van der Waals surface area contributed by atoms with E-state index in [1.807, 2.05) is 19.1 Å². The van der Waals surface area contributed by atoms with E-state index in [-0.39, 0.29) is 0 Å². The molecule has 0 N–H and O–H groups in total. The Morgan fingerprint density at radius 1 is 1.19 bits per heavy atom. The molecule has 1 aromatic rings. The quantitative estimate of drug-likeness (QED) is 0.583. The monoisotopic (exact) mass is 331 g/mol. The van der Waals surface area contributed by atoms with Gasteiger partial charge in [0.25, 0.3) is 0 Å². The molecule has 4 heteroatoms. The number of halogens is 2. The van der Waals surface area contributed by atoms with Gasteiger partial charge in [-0.2, -0.15) is 0 Å². The number of hydrogen-bond donors (Lipinski definition) is 0. The third-order valence-corrected chi connectivity index (χ3v) is 4.09. The number of benzene rings is 1. The average Bonchev–Trinajstić information content (AvgIpc) is 2.42. The molecular weight excluding hydrogens is 305 g/mol. The van der Waals surface area contributed by atoms with Gasteiger partial charge in [-0.1, -0.05) is 32.4 Å². The molecule has 0 aliphatic heterocycles. The molecule has 0 aliphatic rings. The van der Waals surface area contributed by atoms with Crippen molar-refractivity contribution < 1.29 is 4.74 Å². The standard InChI is InChI=1S/C17H27Cl2NO/c1-5-7-20(8-6-18)9-10-21-17-11-14(4)16(19)12-15(17)13(2)3/h11-13H,5-10H2,1-4H3. The van der Waals surface area contributed by atoms with Crippen LogP contribution in [0.3, 0.4) is 0 Å². The maximum absolute atomic E-state index is 6.22. The number of rotatable bonds is 9. The third kappa shape index (κ3) is 6.06. The van der Waals surface area contributed by atoms with Crippen molar-refractivity contribution in [3.8, 4) is 5.75 Å². The van der Waals surface area contributed by atoms with Gasteiger partial charge in [-0.3, -0.25) is 4.90 Å². The van der Waals surface area contributed by atoms with Gasteiger partial charge in [0.15, 0.2) is 0 Å². The lowest BCUT2D eigenvalue weighted by Crippen LogP contribution is -2.31. The van der Waals surface area contributed by atoms with Crippen LogP contribution < -0.4 is 4.74 Å². The molecule has 0 radical (unpaired) electrons. The van der Waals surface area contributed by atoms with Crippen LogP contribution in [0.15, 0.2) is 12.1 Å². The van der Waals surface area contributed by atoms with Gasteiger partial charge >= 0.3 is 0 Å². The van der Waals surface area contributed by atoms with E-state index in [0.717, 1.165) is 42.4 Å². The van der Waals surface area contributed by atoms with Crippen molar-refractivity contribution in [1.29, 1.82) is 0 Å². The van der Waals surface area contributed by atoms with Gasteiger partial charge in [0.2, 0.25) is 0 Å². The third-order valence-electron chi connectivity index (χ3n) is 3.52. The molecular formula is C17H27Cl2NO. The SMILES string of the molecule is CCCN(CCCl)CCOc1cc(C)c(Cl)cc1C(C)C. The second-order valence-electron chi connectivity index (χ2n) is 5.67. The Hall–Kier alpha value is -0.440. The Bertz CT molecular complexity index is 429. The average molecular weight is 332 g/mol. The van der Waals surface area contributed by atoms with Crippen molar-refractivity contribution in [2.75, 3.05) is 32.1 Å². The molecule has 1 rings (SSSR count). The second-order valence-corrected chi connectivity index (χ2v) is 6.46. The summed E-state index contributed by atoms with van der Waals surface area (Å²) in [4.78, 5) is 2.34. The van der Waals surface area contributed by atoms with Crippen LogP contribution in [0, 0.1) is 6.92 Å². The molecule has 0 aliphatic carbocycles. The molecule has 0 spiro atoms. The molecule has 0 saturated carbocycles. The van der Waals surface area contributed by atoms with Crippen molar-refractivity contribution in [3.05, 3.63) is 28.3 Å². The number of alkyl halides is 1. The van der Waals surface area contributed by atoms with Crippen LogP contribution >= 0.6 is 23.2 Å². The number of ether oxygens (including phenoxy) is 1. The summed E-state index contributed by atoms with van der Waals surface area (Å²) >= 11 is 12.1. The molecule has 0 aromatic heterocycles. The van der Waals surface area contributed by atoms with Crippen molar-refractivity contribution >= 4 is 23.2 Å². The lowest BCUT2D eigenvalue weighted by atomic mass is 10.0. The molecule has 0 bridgehead atoms. The molecule has 0 fully saturated rings. The molecule has 21 heavy (non-hydrogen) atoms. The van der Waals surface area contributed by atoms with Crippen molar-refractivity contribution in [2.24, 2.45) is 0 Å². The molecule has 1 aromatic carbocycles. The predicted octanol–water partition coefficient (Wildman–Crippen LogP) is 5.10. The first kappa shape index (κ1) is 18.6. The molecule has 0 amide bonds. The minimum absolute atomic E-state index is 0.396. The van der Waals surface area contributed by atoms with Crippen molar-refractivity contribution in [2.45, 2.75) is 40.0 Å². The summed E-state index contributed by atoms with van der Waals surface area (Å²) in [6.45, 7) is 12.1. The first-order valence-corrected chi connectivity index (χ1v) is 8.62. The van der Waals surface area contributed by atoms with Crippen LogP contribution in [-0.4, -0.2) is 37.0 Å². The zero-order valence-corrected chi connectivity index (χ0v) is 15.1. The lowest BCUT2D eigenvalue weighted by molar-refractivity contribution is 0.215. The highest BCUT2D eigenvalue weighted by atomic mass is 35.5. The zero-order valence-electron chi connectivity index (χ0n) is 13.6. The minimum atomic E-state index is 0.396. The van der Waals surface area contributed by atoms with Gasteiger partial charge in [0.05, 0.1) is 0 Å². The van der Waals surface area contributed by atoms with E-state index < -0.39 is 0 Å². The van der Waals surface area contributed by atoms with E-state index in [1.165, 1.54) is 5.56 Å². The van der Waals surface area contributed by atoms with E-state index >= 15 is 0 Å². The van der Waals surface area contributed by atoms with Crippen LogP contribution in [0.4, 0.5) is 0 Å². The summed E-state index contributed by atoms with van der Waals surface area (Å²) in [5.74, 6) is 2.01. The Labute approximate surface area is 139 Å². The topological polar surface area (TPSA) is 12.5 Å². The fourth-order valence-electron chi connectivity index (χ4n) is 2.30. The summed E-state index contributed by atoms with van der Waals surface area (Å²) < 4.78 is 6.01. The second kappa shape index (κ2) is 9.55. The molecule has 0 atom stereocenters. The Balaban J connectivity index is 2.67. The number of nitrogens with zero attached hydrogens (tertiary/aromatic N) is 1. The Morgan fingerprint density at radius 3 is 2.48 bits per heavy atom. The van der Waals surface area contributed by atoms with E-state index in [0.29, 0.717) is 18.4 Å². The number of aryl methyl sites for hydroxylation is 1. The van der Waals surface area contributed by atoms with Crippen LogP contribution in [0.1, 0.15) is 44.2 Å². The zero-order chi connectivity index (χ0) is 15.8. The highest BCUT2D eigenvalue weighted by Gasteiger charge is 2.11. The van der Waals surface area contributed by atoms with Crippen LogP contribution in [0.2, 0.25) is 5.02 Å². The van der Waals surface area contributed by atoms with Crippen molar-refractivity contribution in [3.63, 3.8) is 0 Å². The number of hydrogen-bond acceptors (Lipinski definition) is 2. The lowest BCUT2D eigenvalue weighted by Gasteiger charge is -2.22.